The van der Waals surface area contributed by atoms with Crippen molar-refractivity contribution in [2.24, 2.45) is 0 Å². The Morgan fingerprint density at radius 2 is 1.85 bits per heavy atom. The SMILES string of the molecule is O=C(NC1CCOCC1)c1cccc(-n2nc(C(=O)O)c3c2-c2ccccc2S(=O)(=O)C3)c1. The Bertz CT molecular complexity index is 1370. The Morgan fingerprint density at radius 1 is 1.09 bits per heavy atom. The molecule has 0 saturated carbocycles. The first-order valence-electron chi connectivity index (χ1n) is 10.5. The monoisotopic (exact) mass is 467 g/mol. The average molecular weight is 468 g/mol. The van der Waals surface area contributed by atoms with Crippen LogP contribution in [0.2, 0.25) is 0 Å². The van der Waals surface area contributed by atoms with Gasteiger partial charge in [0.2, 0.25) is 0 Å². The number of fused-ring (bicyclic) bond motifs is 3. The predicted octanol–water partition coefficient (Wildman–Crippen LogP) is 2.43. The number of carboxylic acids is 1. The van der Waals surface area contributed by atoms with Crippen molar-refractivity contribution in [2.75, 3.05) is 13.2 Å². The van der Waals surface area contributed by atoms with Gasteiger partial charge in [0.05, 0.1) is 22.0 Å². The van der Waals surface area contributed by atoms with Gasteiger partial charge in [0.15, 0.2) is 15.5 Å². The fraction of sp³-hybridized carbons (Fsp3) is 0.261. The first kappa shape index (κ1) is 21.4. The fourth-order valence-corrected chi connectivity index (χ4v) is 5.91. The average Bonchev–Trinajstić information content (AvgIpc) is 3.19. The normalized spacial score (nSPS) is 17.1. The largest absolute Gasteiger partial charge is 0.476 e. The van der Waals surface area contributed by atoms with Crippen LogP contribution in [0.3, 0.4) is 0 Å². The molecule has 10 heteroatoms. The molecule has 2 aromatic carbocycles. The first-order chi connectivity index (χ1) is 15.8. The number of amides is 1. The molecule has 5 rings (SSSR count). The van der Waals surface area contributed by atoms with E-state index in [-0.39, 0.29) is 28.1 Å². The van der Waals surface area contributed by atoms with Gasteiger partial charge < -0.3 is 15.2 Å². The van der Waals surface area contributed by atoms with E-state index in [1.807, 2.05) is 0 Å². The summed E-state index contributed by atoms with van der Waals surface area (Å²) in [6.45, 7) is 1.20. The second kappa shape index (κ2) is 8.13. The van der Waals surface area contributed by atoms with Crippen LogP contribution in [0, 0.1) is 0 Å². The van der Waals surface area contributed by atoms with Crippen LogP contribution in [-0.2, 0) is 20.3 Å². The number of carboxylic acid groups (broad SMARTS) is 1. The Hall–Kier alpha value is -3.50. The molecular formula is C23H21N3O6S. The van der Waals surface area contributed by atoms with Crippen molar-refractivity contribution < 1.29 is 27.9 Å². The van der Waals surface area contributed by atoms with Gasteiger partial charge in [0, 0.05) is 35.9 Å². The van der Waals surface area contributed by atoms with Gasteiger partial charge in [-0.15, -0.1) is 0 Å². The highest BCUT2D eigenvalue weighted by Crippen LogP contribution is 2.40. The third-order valence-electron chi connectivity index (χ3n) is 5.91. The van der Waals surface area contributed by atoms with Crippen molar-refractivity contribution in [3.05, 3.63) is 65.4 Å². The number of rotatable bonds is 4. The van der Waals surface area contributed by atoms with Crippen LogP contribution in [0.4, 0.5) is 0 Å². The molecule has 0 atom stereocenters. The molecule has 0 spiro atoms. The number of benzene rings is 2. The number of nitrogens with one attached hydrogen (secondary N) is 1. The van der Waals surface area contributed by atoms with E-state index >= 15 is 0 Å². The van der Waals surface area contributed by atoms with Gasteiger partial charge >= 0.3 is 5.97 Å². The molecule has 33 heavy (non-hydrogen) atoms. The van der Waals surface area contributed by atoms with Crippen molar-refractivity contribution >= 4 is 21.7 Å². The molecule has 2 aliphatic heterocycles. The molecule has 2 N–H and O–H groups in total. The highest BCUT2D eigenvalue weighted by atomic mass is 32.2. The van der Waals surface area contributed by atoms with E-state index in [0.717, 1.165) is 12.8 Å². The summed E-state index contributed by atoms with van der Waals surface area (Å²) in [6, 6.07) is 13.2. The molecule has 170 valence electrons. The first-order valence-corrected chi connectivity index (χ1v) is 12.2. The number of carbonyl (C=O) groups is 2. The molecule has 3 aromatic rings. The minimum Gasteiger partial charge on any atom is -0.476 e. The molecule has 1 saturated heterocycles. The molecule has 2 aliphatic rings. The lowest BCUT2D eigenvalue weighted by Gasteiger charge is -2.23. The third-order valence-corrected chi connectivity index (χ3v) is 7.60. The molecule has 1 aromatic heterocycles. The summed E-state index contributed by atoms with van der Waals surface area (Å²) in [5.41, 5.74) is 1.47. The van der Waals surface area contributed by atoms with Crippen LogP contribution in [0.15, 0.2) is 53.4 Å². The molecule has 1 amide bonds. The van der Waals surface area contributed by atoms with E-state index in [1.165, 1.54) is 10.7 Å². The van der Waals surface area contributed by atoms with Gasteiger partial charge in [0.1, 0.15) is 0 Å². The molecule has 1 fully saturated rings. The number of sulfone groups is 1. The van der Waals surface area contributed by atoms with Gasteiger partial charge in [-0.1, -0.05) is 24.3 Å². The van der Waals surface area contributed by atoms with Crippen molar-refractivity contribution in [3.63, 3.8) is 0 Å². The molecule has 0 bridgehead atoms. The van der Waals surface area contributed by atoms with Crippen LogP contribution < -0.4 is 5.32 Å². The highest BCUT2D eigenvalue weighted by molar-refractivity contribution is 7.90. The highest BCUT2D eigenvalue weighted by Gasteiger charge is 2.36. The van der Waals surface area contributed by atoms with Crippen LogP contribution in [0.1, 0.15) is 39.3 Å². The summed E-state index contributed by atoms with van der Waals surface area (Å²) in [7, 11) is -3.71. The van der Waals surface area contributed by atoms with Crippen LogP contribution >= 0.6 is 0 Å². The van der Waals surface area contributed by atoms with Crippen molar-refractivity contribution in [1.29, 1.82) is 0 Å². The summed E-state index contributed by atoms with van der Waals surface area (Å²) in [6.07, 6.45) is 1.48. The van der Waals surface area contributed by atoms with Gasteiger partial charge in [-0.25, -0.2) is 17.9 Å². The lowest BCUT2D eigenvalue weighted by molar-refractivity contribution is 0.0683. The Balaban J connectivity index is 1.60. The molecule has 3 heterocycles. The molecular weight excluding hydrogens is 446 g/mol. The number of hydrogen-bond acceptors (Lipinski definition) is 6. The summed E-state index contributed by atoms with van der Waals surface area (Å²) in [4.78, 5) is 24.8. The predicted molar refractivity (Wildman–Crippen MR) is 118 cm³/mol. The van der Waals surface area contributed by atoms with E-state index in [4.69, 9.17) is 4.74 Å². The van der Waals surface area contributed by atoms with Gasteiger partial charge in [0.25, 0.3) is 5.91 Å². The Labute approximate surface area is 189 Å². The third kappa shape index (κ3) is 3.81. The minimum absolute atomic E-state index is 0.0306. The van der Waals surface area contributed by atoms with Crippen molar-refractivity contribution in [2.45, 2.75) is 29.5 Å². The Kier molecular flexibility index (Phi) is 5.26. The maximum atomic E-state index is 12.8. The smallest absolute Gasteiger partial charge is 0.356 e. The van der Waals surface area contributed by atoms with E-state index in [0.29, 0.717) is 35.7 Å². The molecule has 9 nitrogen and oxygen atoms in total. The van der Waals surface area contributed by atoms with E-state index in [1.54, 1.807) is 42.5 Å². The van der Waals surface area contributed by atoms with Gasteiger partial charge in [-0.2, -0.15) is 5.10 Å². The molecule has 0 radical (unpaired) electrons. The van der Waals surface area contributed by atoms with Gasteiger partial charge in [-0.05, 0) is 37.1 Å². The van der Waals surface area contributed by atoms with Gasteiger partial charge in [-0.3, -0.25) is 4.79 Å². The number of hydrogen-bond donors (Lipinski definition) is 2. The van der Waals surface area contributed by atoms with Crippen LogP contribution in [0.5, 0.6) is 0 Å². The van der Waals surface area contributed by atoms with Crippen LogP contribution in [0.25, 0.3) is 16.9 Å². The number of aromatic nitrogens is 2. The second-order valence-electron chi connectivity index (χ2n) is 8.06. The minimum atomic E-state index is -3.71. The lowest BCUT2D eigenvalue weighted by Crippen LogP contribution is -2.38. The number of ether oxygens (including phenoxy) is 1. The zero-order chi connectivity index (χ0) is 23.2. The van der Waals surface area contributed by atoms with Crippen LogP contribution in [-0.4, -0.2) is 54.4 Å². The summed E-state index contributed by atoms with van der Waals surface area (Å²) < 4.78 is 32.3. The number of aromatic carboxylic acids is 1. The molecule has 0 unspecified atom stereocenters. The van der Waals surface area contributed by atoms with E-state index < -0.39 is 21.6 Å². The zero-order valence-electron chi connectivity index (χ0n) is 17.5. The molecule has 0 aliphatic carbocycles. The second-order valence-corrected chi connectivity index (χ2v) is 10.0. The fourth-order valence-electron chi connectivity index (χ4n) is 4.31. The standard InChI is InChI=1S/C23H21N3O6S/c27-22(24-15-8-10-32-11-9-15)14-4-3-5-16(12-14)26-21-17-6-1-2-7-19(17)33(30,31)13-18(21)20(25-26)23(28)29/h1-7,12,15H,8-11,13H2,(H,24,27)(H,28,29). The van der Waals surface area contributed by atoms with Crippen molar-refractivity contribution in [3.8, 4) is 16.9 Å². The topological polar surface area (TPSA) is 128 Å². The number of nitrogens with zero attached hydrogens (tertiary/aromatic N) is 2. The summed E-state index contributed by atoms with van der Waals surface area (Å²) in [5, 5.41) is 16.9. The number of carbonyl (C=O) groups excluding carboxylic acids is 1. The van der Waals surface area contributed by atoms with E-state index in [2.05, 4.69) is 10.4 Å². The summed E-state index contributed by atoms with van der Waals surface area (Å²) in [5.74, 6) is -2.01. The summed E-state index contributed by atoms with van der Waals surface area (Å²) >= 11 is 0. The maximum Gasteiger partial charge on any atom is 0.356 e. The zero-order valence-corrected chi connectivity index (χ0v) is 18.3. The quantitative estimate of drug-likeness (QED) is 0.603. The van der Waals surface area contributed by atoms with Crippen molar-refractivity contribution in [1.82, 2.24) is 15.1 Å². The maximum absolute atomic E-state index is 12.8. The Morgan fingerprint density at radius 3 is 2.61 bits per heavy atom. The van der Waals surface area contributed by atoms with E-state index in [9.17, 15) is 23.1 Å². The lowest BCUT2D eigenvalue weighted by atomic mass is 10.1.